The number of allylic oxidation sites excluding steroid dienone is 3. The number of unbranched alkanes of at least 4 members (excludes halogenated alkanes) is 1. The van der Waals surface area contributed by atoms with E-state index in [0.717, 1.165) is 12.8 Å². The third-order valence-electron chi connectivity index (χ3n) is 3.33. The van der Waals surface area contributed by atoms with Crippen molar-refractivity contribution in [1.29, 1.82) is 0 Å². The molecule has 0 saturated heterocycles. The molecule has 0 fully saturated rings. The number of rotatable bonds is 7. The summed E-state index contributed by atoms with van der Waals surface area (Å²) in [7, 11) is 0. The number of nitrogens with one attached hydrogen (secondary N) is 1. The van der Waals surface area contributed by atoms with E-state index in [-0.39, 0.29) is 21.7 Å². The first kappa shape index (κ1) is 18.8. The van der Waals surface area contributed by atoms with Crippen LogP contribution in [0.15, 0.2) is 35.9 Å². The van der Waals surface area contributed by atoms with Gasteiger partial charge in [-0.15, -0.1) is 0 Å². The third kappa shape index (κ3) is 5.23. The standard InChI is InChI=1S/C17H17Cl2NO3S/c18-13-9-11(21)10-14(19)16(13)23-8-4-3-7-20-17(22)12-5-1-2-6-15(12)24/h1-2,5,9-10,21H,3-4,6-8H2,(H,20,22). The molecule has 0 bridgehead atoms. The lowest BCUT2D eigenvalue weighted by Gasteiger charge is -2.12. The van der Waals surface area contributed by atoms with Crippen molar-refractivity contribution in [1.82, 2.24) is 5.32 Å². The van der Waals surface area contributed by atoms with Gasteiger partial charge in [-0.1, -0.05) is 47.6 Å². The molecule has 1 aliphatic carbocycles. The lowest BCUT2D eigenvalue weighted by atomic mass is 10.0. The van der Waals surface area contributed by atoms with E-state index in [9.17, 15) is 9.90 Å². The summed E-state index contributed by atoms with van der Waals surface area (Å²) in [6, 6.07) is 2.75. The molecule has 0 atom stereocenters. The highest BCUT2D eigenvalue weighted by atomic mass is 35.5. The van der Waals surface area contributed by atoms with Crippen LogP contribution in [-0.4, -0.2) is 29.0 Å². The number of benzene rings is 1. The Hall–Kier alpha value is -1.56. The number of hydrogen-bond acceptors (Lipinski definition) is 4. The van der Waals surface area contributed by atoms with Gasteiger partial charge in [-0.05, 0) is 18.9 Å². The zero-order valence-corrected chi connectivity index (χ0v) is 15.2. The molecule has 0 aromatic heterocycles. The van der Waals surface area contributed by atoms with Gasteiger partial charge in [0.05, 0.1) is 22.2 Å². The molecular formula is C17H17Cl2NO3S. The summed E-state index contributed by atoms with van der Waals surface area (Å²) < 4.78 is 5.53. The Labute approximate surface area is 156 Å². The second kappa shape index (κ2) is 9.06. The minimum absolute atomic E-state index is 0.00941. The molecule has 0 spiro atoms. The van der Waals surface area contributed by atoms with Crippen LogP contribution in [0, 0.1) is 0 Å². The number of hydrogen-bond donors (Lipinski definition) is 2. The molecule has 0 aliphatic heterocycles. The van der Waals surface area contributed by atoms with E-state index in [0.29, 0.717) is 35.8 Å². The second-order valence-corrected chi connectivity index (χ2v) is 6.49. The van der Waals surface area contributed by atoms with Crippen molar-refractivity contribution in [3.63, 3.8) is 0 Å². The maximum Gasteiger partial charge on any atom is 0.252 e. The van der Waals surface area contributed by atoms with Crippen LogP contribution in [0.3, 0.4) is 0 Å². The van der Waals surface area contributed by atoms with Gasteiger partial charge in [0.15, 0.2) is 5.75 Å². The second-order valence-electron chi connectivity index (χ2n) is 5.19. The smallest absolute Gasteiger partial charge is 0.252 e. The number of phenolic OH excluding ortho intramolecular Hbond substituents is 1. The maximum absolute atomic E-state index is 12.0. The van der Waals surface area contributed by atoms with Crippen LogP contribution in [0.25, 0.3) is 0 Å². The van der Waals surface area contributed by atoms with Crippen molar-refractivity contribution in [2.24, 2.45) is 0 Å². The number of phenols is 1. The highest BCUT2D eigenvalue weighted by molar-refractivity contribution is 7.81. The predicted molar refractivity (Wildman–Crippen MR) is 100 cm³/mol. The van der Waals surface area contributed by atoms with Gasteiger partial charge in [-0.2, -0.15) is 0 Å². The predicted octanol–water partition coefficient (Wildman–Crippen LogP) is 4.23. The van der Waals surface area contributed by atoms with Gasteiger partial charge in [-0.25, -0.2) is 0 Å². The number of halogens is 2. The van der Waals surface area contributed by atoms with Gasteiger partial charge >= 0.3 is 0 Å². The Kier molecular flexibility index (Phi) is 7.09. The minimum Gasteiger partial charge on any atom is -0.508 e. The van der Waals surface area contributed by atoms with Crippen LogP contribution in [-0.2, 0) is 4.79 Å². The molecule has 0 radical (unpaired) electrons. The molecule has 1 aromatic rings. The molecule has 0 unspecified atom stereocenters. The summed E-state index contributed by atoms with van der Waals surface area (Å²) in [5.41, 5.74) is 0.561. The Balaban J connectivity index is 1.69. The number of carbonyl (C=O) groups is 1. The van der Waals surface area contributed by atoms with Crippen LogP contribution in [0.1, 0.15) is 19.3 Å². The summed E-state index contributed by atoms with van der Waals surface area (Å²) in [4.78, 5) is 12.7. The SMILES string of the molecule is O=C(NCCCCOc1c(Cl)cc(O)cc1Cl)C1=CC=CCC1=S. The van der Waals surface area contributed by atoms with Crippen LogP contribution in [0.4, 0.5) is 0 Å². The minimum atomic E-state index is -0.144. The molecule has 128 valence electrons. The third-order valence-corrected chi connectivity index (χ3v) is 4.28. The zero-order valence-electron chi connectivity index (χ0n) is 12.9. The van der Waals surface area contributed by atoms with Gasteiger partial charge < -0.3 is 15.2 Å². The van der Waals surface area contributed by atoms with Crippen LogP contribution < -0.4 is 10.1 Å². The van der Waals surface area contributed by atoms with Gasteiger partial charge in [0.25, 0.3) is 5.91 Å². The van der Waals surface area contributed by atoms with E-state index in [2.05, 4.69) is 5.32 Å². The van der Waals surface area contributed by atoms with Gasteiger partial charge in [-0.3, -0.25) is 4.79 Å². The van der Waals surface area contributed by atoms with Gasteiger partial charge in [0, 0.05) is 30.0 Å². The normalized spacial score (nSPS) is 13.6. The van der Waals surface area contributed by atoms with Crippen LogP contribution in [0.5, 0.6) is 11.5 Å². The molecule has 4 nitrogen and oxygen atoms in total. The van der Waals surface area contributed by atoms with Crippen molar-refractivity contribution in [3.8, 4) is 11.5 Å². The lowest BCUT2D eigenvalue weighted by molar-refractivity contribution is -0.117. The summed E-state index contributed by atoms with van der Waals surface area (Å²) in [6.07, 6.45) is 7.60. The molecule has 24 heavy (non-hydrogen) atoms. The Morgan fingerprint density at radius 3 is 2.67 bits per heavy atom. The van der Waals surface area contributed by atoms with Gasteiger partial charge in [0.2, 0.25) is 0 Å². The van der Waals surface area contributed by atoms with Crippen molar-refractivity contribution < 1.29 is 14.6 Å². The van der Waals surface area contributed by atoms with Crippen molar-refractivity contribution >= 4 is 46.2 Å². The quantitative estimate of drug-likeness (QED) is 0.544. The van der Waals surface area contributed by atoms with E-state index >= 15 is 0 Å². The molecule has 7 heteroatoms. The van der Waals surface area contributed by atoms with Gasteiger partial charge in [0.1, 0.15) is 5.75 Å². The number of thiocarbonyl (C=S) groups is 1. The number of ether oxygens (including phenoxy) is 1. The fourth-order valence-electron chi connectivity index (χ4n) is 2.13. The molecule has 1 aromatic carbocycles. The van der Waals surface area contributed by atoms with E-state index < -0.39 is 0 Å². The lowest BCUT2D eigenvalue weighted by Crippen LogP contribution is -2.29. The van der Waals surface area contributed by atoms with Crippen LogP contribution >= 0.6 is 35.4 Å². The number of amides is 1. The average Bonchev–Trinajstić information content (AvgIpc) is 2.52. The largest absolute Gasteiger partial charge is 0.508 e. The molecular weight excluding hydrogens is 369 g/mol. The summed E-state index contributed by atoms with van der Waals surface area (Å²) in [5.74, 6) is 0.199. The zero-order chi connectivity index (χ0) is 17.5. The summed E-state index contributed by atoms with van der Waals surface area (Å²) >= 11 is 17.1. The fourth-order valence-corrected chi connectivity index (χ4v) is 2.97. The van der Waals surface area contributed by atoms with Crippen molar-refractivity contribution in [2.75, 3.05) is 13.2 Å². The molecule has 1 aliphatic rings. The Morgan fingerprint density at radius 1 is 1.29 bits per heavy atom. The topological polar surface area (TPSA) is 58.6 Å². The highest BCUT2D eigenvalue weighted by Crippen LogP contribution is 2.36. The van der Waals surface area contributed by atoms with E-state index in [1.54, 1.807) is 6.08 Å². The highest BCUT2D eigenvalue weighted by Gasteiger charge is 2.14. The molecule has 0 saturated carbocycles. The maximum atomic E-state index is 12.0. The molecule has 0 heterocycles. The van der Waals surface area contributed by atoms with Crippen molar-refractivity contribution in [3.05, 3.63) is 46.0 Å². The fraction of sp³-hybridized carbons (Fsp3) is 0.294. The van der Waals surface area contributed by atoms with E-state index in [1.165, 1.54) is 12.1 Å². The monoisotopic (exact) mass is 385 g/mol. The first-order valence-electron chi connectivity index (χ1n) is 7.48. The summed E-state index contributed by atoms with van der Waals surface area (Å²) in [5, 5.41) is 12.7. The number of aromatic hydroxyl groups is 1. The van der Waals surface area contributed by atoms with E-state index in [1.807, 2.05) is 12.2 Å². The molecule has 1 amide bonds. The molecule has 2 N–H and O–H groups in total. The average molecular weight is 386 g/mol. The first-order valence-corrected chi connectivity index (χ1v) is 8.64. The Bertz CT molecular complexity index is 678. The van der Waals surface area contributed by atoms with Crippen LogP contribution in [0.2, 0.25) is 10.0 Å². The van der Waals surface area contributed by atoms with Crippen molar-refractivity contribution in [2.45, 2.75) is 19.3 Å². The first-order chi connectivity index (χ1) is 11.5. The summed E-state index contributed by atoms with van der Waals surface area (Å²) in [6.45, 7) is 0.937. The number of carbonyl (C=O) groups excluding carboxylic acids is 1. The Morgan fingerprint density at radius 2 is 2.00 bits per heavy atom. The van der Waals surface area contributed by atoms with E-state index in [4.69, 9.17) is 40.2 Å². The molecule has 2 rings (SSSR count).